The van der Waals surface area contributed by atoms with Crippen LogP contribution in [-0.4, -0.2) is 21.1 Å². The summed E-state index contributed by atoms with van der Waals surface area (Å²) in [4.78, 5) is 39.6. The molecule has 1 heterocycles. The maximum absolute atomic E-state index is 13.5. The molecule has 0 fully saturated rings. The van der Waals surface area contributed by atoms with Gasteiger partial charge in [-0.15, -0.1) is 0 Å². The van der Waals surface area contributed by atoms with Gasteiger partial charge in [0, 0.05) is 6.04 Å². The highest BCUT2D eigenvalue weighted by Gasteiger charge is 2.25. The highest BCUT2D eigenvalue weighted by Crippen LogP contribution is 2.18. The van der Waals surface area contributed by atoms with Crippen molar-refractivity contribution < 1.29 is 4.79 Å². The van der Waals surface area contributed by atoms with Crippen molar-refractivity contribution in [1.82, 2.24) is 14.5 Å². The van der Waals surface area contributed by atoms with E-state index in [0.29, 0.717) is 23.0 Å². The van der Waals surface area contributed by atoms with Crippen molar-refractivity contribution in [3.63, 3.8) is 0 Å². The smallest absolute Gasteiger partial charge is 0.336 e. The van der Waals surface area contributed by atoms with Crippen LogP contribution in [0.2, 0.25) is 0 Å². The lowest BCUT2D eigenvalue weighted by Crippen LogP contribution is -2.45. The molecule has 0 aliphatic carbocycles. The molecule has 0 spiro atoms. The Kier molecular flexibility index (Phi) is 5.73. The molecule has 152 valence electrons. The number of hydrogen-bond donors (Lipinski definition) is 1. The van der Waals surface area contributed by atoms with Crippen molar-refractivity contribution in [2.45, 2.75) is 53.1 Å². The first-order valence-corrected chi connectivity index (χ1v) is 9.90. The third-order valence-electron chi connectivity index (χ3n) is 5.18. The first-order valence-electron chi connectivity index (χ1n) is 9.90. The van der Waals surface area contributed by atoms with Crippen LogP contribution >= 0.6 is 0 Å². The second-order valence-corrected chi connectivity index (χ2v) is 7.67. The molecule has 0 aliphatic rings. The molecular weight excluding hydrogens is 366 g/mol. The first kappa shape index (κ1) is 20.6. The predicted molar refractivity (Wildman–Crippen MR) is 116 cm³/mol. The maximum Gasteiger partial charge on any atom is 0.336 e. The van der Waals surface area contributed by atoms with E-state index < -0.39 is 11.7 Å². The average Bonchev–Trinajstić information content (AvgIpc) is 2.67. The molecule has 3 aromatic rings. The van der Waals surface area contributed by atoms with Crippen molar-refractivity contribution in [1.29, 1.82) is 0 Å². The summed E-state index contributed by atoms with van der Waals surface area (Å²) < 4.78 is 2.61. The van der Waals surface area contributed by atoms with E-state index in [1.165, 1.54) is 9.13 Å². The van der Waals surface area contributed by atoms with E-state index in [4.69, 9.17) is 0 Å². The summed E-state index contributed by atoms with van der Waals surface area (Å²) >= 11 is 0. The lowest BCUT2D eigenvalue weighted by atomic mass is 10.1. The predicted octanol–water partition coefficient (Wildman–Crippen LogP) is 3.24. The molecule has 2 aromatic carbocycles. The Labute approximate surface area is 169 Å². The molecule has 0 saturated carbocycles. The fourth-order valence-electron chi connectivity index (χ4n) is 3.54. The first-order chi connectivity index (χ1) is 13.8. The van der Waals surface area contributed by atoms with Crippen LogP contribution in [0.25, 0.3) is 16.6 Å². The number of fused-ring (bicyclic) bond motifs is 1. The van der Waals surface area contributed by atoms with E-state index in [9.17, 15) is 14.4 Å². The highest BCUT2D eigenvalue weighted by molar-refractivity contribution is 5.84. The number of carbonyl (C=O) groups excluding carboxylic acids is 1. The Hall–Kier alpha value is -3.15. The van der Waals surface area contributed by atoms with E-state index in [-0.39, 0.29) is 17.5 Å². The summed E-state index contributed by atoms with van der Waals surface area (Å²) in [6, 6.07) is 11.7. The summed E-state index contributed by atoms with van der Waals surface area (Å²) in [5.74, 6) is -0.236. The molecule has 0 unspecified atom stereocenters. The van der Waals surface area contributed by atoms with Crippen LogP contribution in [0, 0.1) is 13.8 Å². The van der Waals surface area contributed by atoms with Gasteiger partial charge in [0.05, 0.1) is 16.6 Å². The van der Waals surface area contributed by atoms with E-state index >= 15 is 0 Å². The van der Waals surface area contributed by atoms with Crippen LogP contribution in [0.5, 0.6) is 0 Å². The largest absolute Gasteiger partial charge is 0.352 e. The van der Waals surface area contributed by atoms with Gasteiger partial charge < -0.3 is 5.32 Å². The number of nitrogens with one attached hydrogen (secondary N) is 1. The van der Waals surface area contributed by atoms with Gasteiger partial charge in [-0.05, 0) is 69.5 Å². The number of amides is 1. The Morgan fingerprint density at radius 3 is 2.34 bits per heavy atom. The van der Waals surface area contributed by atoms with Gasteiger partial charge in [0.15, 0.2) is 0 Å². The fourth-order valence-corrected chi connectivity index (χ4v) is 3.54. The summed E-state index contributed by atoms with van der Waals surface area (Å²) in [7, 11) is 0. The molecule has 6 heteroatoms. The van der Waals surface area contributed by atoms with Crippen LogP contribution < -0.4 is 16.6 Å². The van der Waals surface area contributed by atoms with Gasteiger partial charge in [-0.2, -0.15) is 0 Å². The summed E-state index contributed by atoms with van der Waals surface area (Å²) in [6.45, 7) is 9.53. The molecule has 6 nitrogen and oxygen atoms in total. The Morgan fingerprint density at radius 2 is 1.72 bits per heavy atom. The summed E-state index contributed by atoms with van der Waals surface area (Å²) in [5.41, 5.74) is 2.13. The Balaban J connectivity index is 2.38. The molecule has 0 radical (unpaired) electrons. The van der Waals surface area contributed by atoms with E-state index in [1.807, 2.05) is 46.8 Å². The highest BCUT2D eigenvalue weighted by atomic mass is 16.2. The second kappa shape index (κ2) is 8.07. The van der Waals surface area contributed by atoms with E-state index in [2.05, 4.69) is 5.32 Å². The molecule has 1 N–H and O–H groups in total. The minimum absolute atomic E-state index is 0.0517. The zero-order valence-electron chi connectivity index (χ0n) is 17.5. The van der Waals surface area contributed by atoms with Gasteiger partial charge in [0.1, 0.15) is 6.04 Å². The standard InChI is InChI=1S/C23H27N3O3/c1-6-19(21(27)24-14(2)3)26-20-10-8-7-9-18(20)22(28)25(23(26)29)17-12-11-15(4)16(5)13-17/h7-14,19H,6H2,1-5H3,(H,24,27)/t19-/m1/s1. The number of aryl methyl sites for hydroxylation is 2. The van der Waals surface area contributed by atoms with Gasteiger partial charge in [0.25, 0.3) is 5.56 Å². The number of hydrogen-bond acceptors (Lipinski definition) is 3. The SMILES string of the molecule is CC[C@H](C(=O)NC(C)C)n1c(=O)n(-c2ccc(C)c(C)c2)c(=O)c2ccccc21. The zero-order valence-corrected chi connectivity index (χ0v) is 17.5. The second-order valence-electron chi connectivity index (χ2n) is 7.67. The molecule has 0 aliphatic heterocycles. The minimum Gasteiger partial charge on any atom is -0.352 e. The van der Waals surface area contributed by atoms with Crippen molar-refractivity contribution in [2.75, 3.05) is 0 Å². The number of benzene rings is 2. The topological polar surface area (TPSA) is 73.1 Å². The van der Waals surface area contributed by atoms with Gasteiger partial charge in [-0.25, -0.2) is 9.36 Å². The number of rotatable bonds is 5. The Morgan fingerprint density at radius 1 is 1.03 bits per heavy atom. The minimum atomic E-state index is -0.715. The van der Waals surface area contributed by atoms with Gasteiger partial charge >= 0.3 is 5.69 Å². The van der Waals surface area contributed by atoms with Gasteiger partial charge in [-0.1, -0.05) is 25.1 Å². The number of para-hydroxylation sites is 1. The van der Waals surface area contributed by atoms with E-state index in [1.54, 1.807) is 30.3 Å². The van der Waals surface area contributed by atoms with E-state index in [0.717, 1.165) is 11.1 Å². The molecule has 0 bridgehead atoms. The number of nitrogens with zero attached hydrogens (tertiary/aromatic N) is 2. The van der Waals surface area contributed by atoms with Crippen molar-refractivity contribution in [3.05, 3.63) is 74.4 Å². The molecular formula is C23H27N3O3. The van der Waals surface area contributed by atoms with Crippen LogP contribution in [0.3, 0.4) is 0 Å². The maximum atomic E-state index is 13.5. The molecule has 1 atom stereocenters. The van der Waals surface area contributed by atoms with Crippen LogP contribution in [0.15, 0.2) is 52.1 Å². The van der Waals surface area contributed by atoms with Gasteiger partial charge in [-0.3, -0.25) is 14.2 Å². The quantitative estimate of drug-likeness (QED) is 0.723. The van der Waals surface area contributed by atoms with Gasteiger partial charge in [0.2, 0.25) is 5.91 Å². The molecule has 3 rings (SSSR count). The number of aromatic nitrogens is 2. The van der Waals surface area contributed by atoms with Crippen LogP contribution in [0.1, 0.15) is 44.4 Å². The molecule has 1 amide bonds. The average molecular weight is 393 g/mol. The fraction of sp³-hybridized carbons (Fsp3) is 0.348. The lowest BCUT2D eigenvalue weighted by Gasteiger charge is -2.22. The molecule has 1 aromatic heterocycles. The number of carbonyl (C=O) groups is 1. The third kappa shape index (κ3) is 3.75. The van der Waals surface area contributed by atoms with Crippen molar-refractivity contribution >= 4 is 16.8 Å². The summed E-state index contributed by atoms with van der Waals surface area (Å²) in [6.07, 6.45) is 0.424. The molecule has 29 heavy (non-hydrogen) atoms. The van der Waals surface area contributed by atoms with Crippen LogP contribution in [-0.2, 0) is 4.79 Å². The van der Waals surface area contributed by atoms with Crippen molar-refractivity contribution in [3.8, 4) is 5.69 Å². The normalized spacial score (nSPS) is 12.3. The van der Waals surface area contributed by atoms with Crippen LogP contribution in [0.4, 0.5) is 0 Å². The monoisotopic (exact) mass is 393 g/mol. The Bertz CT molecular complexity index is 1190. The lowest BCUT2D eigenvalue weighted by molar-refractivity contribution is -0.124. The third-order valence-corrected chi connectivity index (χ3v) is 5.18. The molecule has 0 saturated heterocycles. The summed E-state index contributed by atoms with van der Waals surface area (Å²) in [5, 5.41) is 3.29. The van der Waals surface area contributed by atoms with Crippen molar-refractivity contribution in [2.24, 2.45) is 0 Å². The zero-order chi connectivity index (χ0) is 21.3.